The lowest BCUT2D eigenvalue weighted by Crippen LogP contribution is -2.23. The molecule has 1 unspecified atom stereocenters. The number of nitrogens with zero attached hydrogens (tertiary/aromatic N) is 4. The molecule has 3 aromatic heterocycles. The van der Waals surface area contributed by atoms with Crippen LogP contribution >= 0.6 is 0 Å². The van der Waals surface area contributed by atoms with Crippen LogP contribution in [0.2, 0.25) is 0 Å². The lowest BCUT2D eigenvalue weighted by molar-refractivity contribution is -0.137. The Morgan fingerprint density at radius 3 is 2.70 bits per heavy atom. The standard InChI is InChI=1S/C28H24F3N5O/c1-2-3-14-35-15-4-5-23(35)22-17-25(36-18-32-12-11-24(22)36)19-6-8-20(9-7-19)27(37)34-26-16-21(10-13-33-26)28(29,30)31/h6-13,16-18,23H,4-5,14-15H2,1H3,(H,33,34,37). The molecule has 1 N–H and O–H groups in total. The maximum atomic E-state index is 13.0. The van der Waals surface area contributed by atoms with Crippen molar-refractivity contribution in [2.24, 2.45) is 0 Å². The average molecular weight is 504 g/mol. The molecule has 1 aliphatic heterocycles. The van der Waals surface area contributed by atoms with E-state index in [1.807, 2.05) is 29.5 Å². The first-order valence-corrected chi connectivity index (χ1v) is 11.9. The quantitative estimate of drug-likeness (QED) is 0.348. The van der Waals surface area contributed by atoms with E-state index in [4.69, 9.17) is 0 Å². The predicted molar refractivity (Wildman–Crippen MR) is 135 cm³/mol. The third-order valence-electron chi connectivity index (χ3n) is 6.56. The summed E-state index contributed by atoms with van der Waals surface area (Å²) in [5.41, 5.74) is 3.55. The van der Waals surface area contributed by atoms with Gasteiger partial charge in [-0.1, -0.05) is 18.1 Å². The van der Waals surface area contributed by atoms with E-state index < -0.39 is 17.6 Å². The summed E-state index contributed by atoms with van der Waals surface area (Å²) in [7, 11) is 0. The first-order chi connectivity index (χ1) is 17.8. The number of hydrogen-bond acceptors (Lipinski definition) is 4. The summed E-state index contributed by atoms with van der Waals surface area (Å²) in [6.45, 7) is 3.58. The van der Waals surface area contributed by atoms with Gasteiger partial charge in [0, 0.05) is 24.0 Å². The molecule has 1 aliphatic rings. The molecule has 0 aliphatic carbocycles. The Morgan fingerprint density at radius 1 is 1.14 bits per heavy atom. The number of aromatic nitrogens is 3. The van der Waals surface area contributed by atoms with Crippen LogP contribution in [0.25, 0.3) is 16.8 Å². The number of amides is 1. The minimum atomic E-state index is -4.52. The van der Waals surface area contributed by atoms with Crippen molar-refractivity contribution in [3.8, 4) is 23.1 Å². The zero-order valence-electron chi connectivity index (χ0n) is 20.1. The molecule has 5 rings (SSSR count). The van der Waals surface area contributed by atoms with E-state index in [2.05, 4.69) is 38.1 Å². The zero-order valence-corrected chi connectivity index (χ0v) is 20.1. The molecule has 1 aromatic carbocycles. The summed E-state index contributed by atoms with van der Waals surface area (Å²) in [4.78, 5) is 23.2. The maximum Gasteiger partial charge on any atom is 0.416 e. The number of fused-ring (bicyclic) bond motifs is 1. The third-order valence-corrected chi connectivity index (χ3v) is 6.56. The fraction of sp³-hybridized carbons (Fsp3) is 0.250. The number of hydrogen-bond donors (Lipinski definition) is 1. The van der Waals surface area contributed by atoms with Crippen LogP contribution in [0.15, 0.2) is 67.3 Å². The van der Waals surface area contributed by atoms with Crippen molar-refractivity contribution < 1.29 is 18.0 Å². The number of likely N-dealkylation sites (tertiary alicyclic amines) is 1. The molecule has 1 amide bonds. The largest absolute Gasteiger partial charge is 0.416 e. The molecular formula is C28H24F3N5O. The zero-order chi connectivity index (χ0) is 26.0. The van der Waals surface area contributed by atoms with Crippen molar-refractivity contribution in [3.05, 3.63) is 83.9 Å². The molecule has 9 heteroatoms. The molecular weight excluding hydrogens is 479 g/mol. The molecule has 1 atom stereocenters. The van der Waals surface area contributed by atoms with Gasteiger partial charge in [0.2, 0.25) is 0 Å². The fourth-order valence-corrected chi connectivity index (χ4v) is 4.77. The Morgan fingerprint density at radius 2 is 1.95 bits per heavy atom. The number of carbonyl (C=O) groups is 1. The number of benzene rings is 1. The molecule has 0 saturated carbocycles. The van der Waals surface area contributed by atoms with Crippen LogP contribution in [0.1, 0.15) is 47.3 Å². The second kappa shape index (κ2) is 10.1. The molecule has 188 valence electrons. The van der Waals surface area contributed by atoms with Crippen LogP contribution in [0.4, 0.5) is 19.0 Å². The molecule has 4 aromatic rings. The molecule has 0 radical (unpaired) electrons. The van der Waals surface area contributed by atoms with Gasteiger partial charge in [0.1, 0.15) is 5.82 Å². The lowest BCUT2D eigenvalue weighted by Gasteiger charge is -2.21. The molecule has 4 heterocycles. The van der Waals surface area contributed by atoms with Crippen LogP contribution in [-0.2, 0) is 6.18 Å². The highest BCUT2D eigenvalue weighted by Gasteiger charge is 2.31. The Kier molecular flexibility index (Phi) is 6.68. The smallest absolute Gasteiger partial charge is 0.307 e. The second-order valence-corrected chi connectivity index (χ2v) is 8.83. The second-order valence-electron chi connectivity index (χ2n) is 8.83. The lowest BCUT2D eigenvalue weighted by atomic mass is 10.0. The minimum Gasteiger partial charge on any atom is -0.307 e. The monoisotopic (exact) mass is 503 g/mol. The van der Waals surface area contributed by atoms with Gasteiger partial charge in [0.05, 0.1) is 29.6 Å². The first kappa shape index (κ1) is 24.5. The van der Waals surface area contributed by atoms with E-state index in [9.17, 15) is 18.0 Å². The van der Waals surface area contributed by atoms with Crippen molar-refractivity contribution in [3.63, 3.8) is 0 Å². The highest BCUT2D eigenvalue weighted by Crippen LogP contribution is 2.38. The Hall–Kier alpha value is -4.16. The molecule has 1 saturated heterocycles. The van der Waals surface area contributed by atoms with Crippen LogP contribution in [-0.4, -0.2) is 38.3 Å². The first-order valence-electron chi connectivity index (χ1n) is 11.9. The van der Waals surface area contributed by atoms with Crippen LogP contribution < -0.4 is 5.32 Å². The normalized spacial score (nSPS) is 15.9. The Bertz CT molecular complexity index is 1500. The van der Waals surface area contributed by atoms with Gasteiger partial charge < -0.3 is 9.72 Å². The number of halogens is 3. The molecule has 0 bridgehead atoms. The SMILES string of the molecule is CC#CCN1CCCC1c1cc(-c2ccc(C(=O)Nc3cc(C(F)(F)F)ccn3)cc2)n2cnccc12. The highest BCUT2D eigenvalue weighted by atomic mass is 19.4. The van der Waals surface area contributed by atoms with Crippen molar-refractivity contribution in [2.45, 2.75) is 32.0 Å². The molecule has 0 spiro atoms. The summed E-state index contributed by atoms with van der Waals surface area (Å²) in [5.74, 6) is 5.46. The Labute approximate surface area is 212 Å². The van der Waals surface area contributed by atoms with E-state index in [1.54, 1.807) is 24.7 Å². The van der Waals surface area contributed by atoms with Gasteiger partial charge in [0.15, 0.2) is 0 Å². The van der Waals surface area contributed by atoms with Crippen LogP contribution in [0.5, 0.6) is 0 Å². The van der Waals surface area contributed by atoms with Gasteiger partial charge in [-0.05, 0) is 73.8 Å². The number of pyridine rings is 1. The van der Waals surface area contributed by atoms with E-state index in [0.29, 0.717) is 5.56 Å². The van der Waals surface area contributed by atoms with Gasteiger partial charge in [-0.3, -0.25) is 9.69 Å². The average Bonchev–Trinajstić information content (AvgIpc) is 3.51. The number of rotatable bonds is 5. The summed E-state index contributed by atoms with van der Waals surface area (Å²) in [6.07, 6.45) is 2.22. The van der Waals surface area contributed by atoms with Crippen molar-refractivity contribution >= 4 is 17.2 Å². The maximum absolute atomic E-state index is 13.0. The number of nitrogens with one attached hydrogen (secondary N) is 1. The minimum absolute atomic E-state index is 0.161. The van der Waals surface area contributed by atoms with Gasteiger partial charge in [-0.2, -0.15) is 13.2 Å². The molecule has 1 fully saturated rings. The molecule has 6 nitrogen and oxygen atoms in total. The van der Waals surface area contributed by atoms with Crippen molar-refractivity contribution in [1.29, 1.82) is 0 Å². The molecule has 37 heavy (non-hydrogen) atoms. The number of alkyl halides is 3. The summed E-state index contributed by atoms with van der Waals surface area (Å²) in [5, 5.41) is 2.44. The van der Waals surface area contributed by atoms with Crippen LogP contribution in [0.3, 0.4) is 0 Å². The van der Waals surface area contributed by atoms with Crippen LogP contribution in [0, 0.1) is 11.8 Å². The van der Waals surface area contributed by atoms with Gasteiger partial charge >= 0.3 is 6.18 Å². The number of anilines is 1. The van der Waals surface area contributed by atoms with Gasteiger partial charge in [-0.25, -0.2) is 9.97 Å². The highest BCUT2D eigenvalue weighted by molar-refractivity contribution is 6.04. The van der Waals surface area contributed by atoms with E-state index in [-0.39, 0.29) is 11.9 Å². The van der Waals surface area contributed by atoms with Gasteiger partial charge in [-0.15, -0.1) is 5.92 Å². The van der Waals surface area contributed by atoms with Crippen molar-refractivity contribution in [1.82, 2.24) is 19.3 Å². The summed E-state index contributed by atoms with van der Waals surface area (Å²) >= 11 is 0. The summed E-state index contributed by atoms with van der Waals surface area (Å²) in [6, 6.07) is 13.0. The summed E-state index contributed by atoms with van der Waals surface area (Å²) < 4.78 is 40.9. The fourth-order valence-electron chi connectivity index (χ4n) is 4.77. The van der Waals surface area contributed by atoms with E-state index in [0.717, 1.165) is 61.0 Å². The predicted octanol–water partition coefficient (Wildman–Crippen LogP) is 5.83. The van der Waals surface area contributed by atoms with E-state index >= 15 is 0 Å². The third kappa shape index (κ3) is 5.06. The van der Waals surface area contributed by atoms with E-state index in [1.165, 1.54) is 5.56 Å². The van der Waals surface area contributed by atoms with Crippen molar-refractivity contribution in [2.75, 3.05) is 18.4 Å². The topological polar surface area (TPSA) is 62.5 Å². The number of carbonyl (C=O) groups excluding carboxylic acids is 1. The Balaban J connectivity index is 1.41. The van der Waals surface area contributed by atoms with Gasteiger partial charge in [0.25, 0.3) is 5.91 Å².